The molecule has 10 nitrogen and oxygen atoms in total. The molecule has 5 bridgehead atoms. The molecule has 43 heavy (non-hydrogen) atoms. The van der Waals surface area contributed by atoms with Crippen LogP contribution in [-0.2, 0) is 28.7 Å². The van der Waals surface area contributed by atoms with Crippen LogP contribution in [0.3, 0.4) is 0 Å². The van der Waals surface area contributed by atoms with Crippen molar-refractivity contribution in [1.82, 2.24) is 10.2 Å². The van der Waals surface area contributed by atoms with Crippen molar-refractivity contribution in [1.29, 1.82) is 0 Å². The third kappa shape index (κ3) is 6.14. The topological polar surface area (TPSA) is 125 Å². The number of unbranched alkanes of at least 4 members (excludes halogenated alkanes) is 3. The molecule has 4 aliphatic heterocycles. The van der Waals surface area contributed by atoms with Crippen LogP contribution in [0.25, 0.3) is 0 Å². The summed E-state index contributed by atoms with van der Waals surface area (Å²) in [5, 5.41) is 12.4. The first-order valence-electron chi connectivity index (χ1n) is 14.8. The maximum absolute atomic E-state index is 14.8. The largest absolute Gasteiger partial charge is 0.460 e. The number of amides is 3. The Hall–Kier alpha value is -2.73. The molecule has 6 atom stereocenters. The van der Waals surface area contributed by atoms with Gasteiger partial charge in [0.05, 0.1) is 23.2 Å². The van der Waals surface area contributed by atoms with Crippen LogP contribution in [0.5, 0.6) is 0 Å². The van der Waals surface area contributed by atoms with E-state index < -0.39 is 41.7 Å². The lowest BCUT2D eigenvalue weighted by Gasteiger charge is -2.36. The summed E-state index contributed by atoms with van der Waals surface area (Å²) in [5.74, 6) is -3.44. The van der Waals surface area contributed by atoms with Gasteiger partial charge in [0.2, 0.25) is 11.8 Å². The Bertz CT molecular complexity index is 1320. The normalized spacial score (nSPS) is 32.0. The summed E-state index contributed by atoms with van der Waals surface area (Å²) in [7, 11) is 0. The predicted molar refractivity (Wildman–Crippen MR) is 163 cm³/mol. The molecule has 3 amide bonds. The third-order valence-electron chi connectivity index (χ3n) is 8.55. The molecule has 0 aromatic heterocycles. The molecule has 12 heteroatoms. The van der Waals surface area contributed by atoms with E-state index in [1.54, 1.807) is 42.2 Å². The summed E-state index contributed by atoms with van der Waals surface area (Å²) >= 11 is 10.2. The number of likely N-dealkylation sites (tertiary alicyclic amines) is 1. The molecule has 1 aromatic carbocycles. The fourth-order valence-corrected chi connectivity index (χ4v) is 7.53. The van der Waals surface area contributed by atoms with E-state index in [0.717, 1.165) is 12.8 Å². The number of halogens is 2. The highest BCUT2D eigenvalue weighted by Gasteiger charge is 2.74. The lowest BCUT2D eigenvalue weighted by atomic mass is 9.74. The number of anilines is 1. The molecule has 0 unspecified atom stereocenters. The highest BCUT2D eigenvalue weighted by molar-refractivity contribution is 9.11. The van der Waals surface area contributed by atoms with E-state index in [0.29, 0.717) is 34.5 Å². The van der Waals surface area contributed by atoms with Crippen molar-refractivity contribution >= 4 is 56.9 Å². The molecule has 4 aliphatic rings. The van der Waals surface area contributed by atoms with Gasteiger partial charge in [0.25, 0.3) is 5.91 Å². The molecular formula is C31H37BrClN3O7. The molecule has 2 fully saturated rings. The number of benzene rings is 1. The fourth-order valence-electron chi connectivity index (χ4n) is 6.56. The molecule has 2 N–H and O–H groups in total. The Kier molecular flexibility index (Phi) is 9.95. The zero-order valence-corrected chi connectivity index (χ0v) is 26.4. The monoisotopic (exact) mass is 677 g/mol. The van der Waals surface area contributed by atoms with E-state index >= 15 is 0 Å². The second kappa shape index (κ2) is 13.5. The van der Waals surface area contributed by atoms with Crippen LogP contribution >= 0.6 is 27.5 Å². The molecule has 2 saturated heterocycles. The zero-order valence-electron chi connectivity index (χ0n) is 24.0. The Morgan fingerprint density at radius 1 is 1.09 bits per heavy atom. The van der Waals surface area contributed by atoms with E-state index in [9.17, 15) is 24.3 Å². The number of hydrogen-bond donors (Lipinski definition) is 2. The van der Waals surface area contributed by atoms with E-state index in [2.05, 4.69) is 21.2 Å². The maximum Gasteiger partial charge on any atom is 0.313 e. The Labute approximate surface area is 264 Å². The fraction of sp³-hybridized carbons (Fsp3) is 0.548. The molecular weight excluding hydrogens is 642 g/mol. The number of aliphatic hydroxyl groups is 1. The van der Waals surface area contributed by atoms with Gasteiger partial charge in [-0.2, -0.15) is 0 Å². The molecule has 5 rings (SSSR count). The first-order chi connectivity index (χ1) is 20.7. The molecule has 0 radical (unpaired) electrons. The highest BCUT2D eigenvalue weighted by Crippen LogP contribution is 2.59. The number of ether oxygens (including phenoxy) is 2. The van der Waals surface area contributed by atoms with Gasteiger partial charge in [-0.1, -0.05) is 64.7 Å². The molecule has 232 valence electrons. The van der Waals surface area contributed by atoms with Crippen molar-refractivity contribution in [2.75, 3.05) is 31.1 Å². The number of carbonyl (C=O) groups excluding carboxylic acids is 4. The average molecular weight is 679 g/mol. The molecule has 4 heterocycles. The SMILES string of the molecule is C[C@@H]1CNC(=O)CC/C=C\CN(c2ccccc2Cl)C(=O)[C@@H]2N(CCCCCCO)C(=O)[C@H]3[C@H](C(=O)O1)[C@H]1O[C@@]23C=C1Br. The van der Waals surface area contributed by atoms with Gasteiger partial charge < -0.3 is 29.7 Å². The third-order valence-corrected chi connectivity index (χ3v) is 9.54. The van der Waals surface area contributed by atoms with Crippen LogP contribution in [0, 0.1) is 11.8 Å². The number of nitrogens with zero attached hydrogens (tertiary/aromatic N) is 2. The number of allylic oxidation sites excluding steroid dienone is 1. The lowest BCUT2D eigenvalue weighted by molar-refractivity contribution is -0.158. The van der Waals surface area contributed by atoms with E-state index in [1.807, 2.05) is 12.2 Å². The van der Waals surface area contributed by atoms with Crippen LogP contribution < -0.4 is 10.2 Å². The minimum absolute atomic E-state index is 0.0925. The Balaban J connectivity index is 1.58. The van der Waals surface area contributed by atoms with Gasteiger partial charge in [-0.25, -0.2) is 0 Å². The maximum atomic E-state index is 14.8. The van der Waals surface area contributed by atoms with Crippen LogP contribution in [0.15, 0.2) is 47.0 Å². The number of cyclic esters (lactones) is 1. The number of hydrogen-bond acceptors (Lipinski definition) is 7. The Morgan fingerprint density at radius 2 is 1.86 bits per heavy atom. The number of rotatable bonds is 7. The van der Waals surface area contributed by atoms with Gasteiger partial charge in [0, 0.05) is 30.6 Å². The second-order valence-corrected chi connectivity index (χ2v) is 12.8. The van der Waals surface area contributed by atoms with Crippen LogP contribution in [0.1, 0.15) is 45.4 Å². The zero-order chi connectivity index (χ0) is 30.7. The summed E-state index contributed by atoms with van der Waals surface area (Å²) < 4.78 is 12.8. The van der Waals surface area contributed by atoms with Crippen LogP contribution in [0.4, 0.5) is 5.69 Å². The van der Waals surface area contributed by atoms with Crippen molar-refractivity contribution in [3.05, 3.63) is 52.0 Å². The van der Waals surface area contributed by atoms with Crippen molar-refractivity contribution in [3.63, 3.8) is 0 Å². The van der Waals surface area contributed by atoms with Crippen LogP contribution in [-0.4, -0.2) is 83.8 Å². The Morgan fingerprint density at radius 3 is 2.63 bits per heavy atom. The van der Waals surface area contributed by atoms with Gasteiger partial charge in [0.15, 0.2) is 0 Å². The number of fused-ring (bicyclic) bond motifs is 2. The standard InChI is InChI=1S/C31H37BrClN3O7/c1-19-18-34-23(38)13-5-4-9-14-35(22-12-7-6-11-21(22)33)29(40)27-31-17-20(32)26(43-31)24(30(41)42-19)25(31)28(39)36(27)15-8-2-3-10-16-37/h4,6-7,9,11-12,17,19,24-27,37H,2-3,5,8,10,13-16,18H2,1H3,(H,34,38)/b9-4-/t19-,24+,25-,26+,27+,31-/m1/s1. The smallest absolute Gasteiger partial charge is 0.313 e. The molecule has 1 spiro atoms. The van der Waals surface area contributed by atoms with E-state index in [-0.39, 0.29) is 50.4 Å². The first kappa shape index (κ1) is 31.7. The highest BCUT2D eigenvalue weighted by atomic mass is 79.9. The van der Waals surface area contributed by atoms with Gasteiger partial charge in [0.1, 0.15) is 29.8 Å². The summed E-state index contributed by atoms with van der Waals surface area (Å²) in [6.45, 7) is 2.35. The van der Waals surface area contributed by atoms with E-state index in [1.165, 1.54) is 4.90 Å². The minimum Gasteiger partial charge on any atom is -0.460 e. The van der Waals surface area contributed by atoms with Crippen molar-refractivity contribution in [2.24, 2.45) is 11.8 Å². The molecule has 0 saturated carbocycles. The number of nitrogens with one attached hydrogen (secondary N) is 1. The number of aliphatic hydroxyl groups excluding tert-OH is 1. The van der Waals surface area contributed by atoms with E-state index in [4.69, 9.17) is 21.1 Å². The summed E-state index contributed by atoms with van der Waals surface area (Å²) in [4.78, 5) is 58.1. The average Bonchev–Trinajstić information content (AvgIpc) is 3.57. The summed E-state index contributed by atoms with van der Waals surface area (Å²) in [5.41, 5.74) is -0.911. The number of para-hydroxylation sites is 1. The number of esters is 1. The lowest BCUT2D eigenvalue weighted by Crippen LogP contribution is -2.56. The first-order valence-corrected chi connectivity index (χ1v) is 16.0. The predicted octanol–water partition coefficient (Wildman–Crippen LogP) is 3.50. The molecule has 0 aliphatic carbocycles. The van der Waals surface area contributed by atoms with Crippen molar-refractivity contribution < 1.29 is 33.8 Å². The summed E-state index contributed by atoms with van der Waals surface area (Å²) in [6, 6.07) is 5.94. The van der Waals surface area contributed by atoms with Crippen molar-refractivity contribution in [2.45, 2.75) is 69.3 Å². The quantitative estimate of drug-likeness (QED) is 0.257. The van der Waals surface area contributed by atoms with Gasteiger partial charge in [-0.3, -0.25) is 19.2 Å². The molecule has 1 aromatic rings. The van der Waals surface area contributed by atoms with Gasteiger partial charge in [-0.05, 0) is 44.4 Å². The second-order valence-electron chi connectivity index (χ2n) is 11.5. The van der Waals surface area contributed by atoms with Gasteiger partial charge >= 0.3 is 5.97 Å². The number of carbonyl (C=O) groups is 4. The van der Waals surface area contributed by atoms with Gasteiger partial charge in [-0.15, -0.1) is 0 Å². The summed E-state index contributed by atoms with van der Waals surface area (Å²) in [6.07, 6.45) is 7.51. The van der Waals surface area contributed by atoms with Crippen molar-refractivity contribution in [3.8, 4) is 0 Å². The van der Waals surface area contributed by atoms with Crippen LogP contribution in [0.2, 0.25) is 5.02 Å². The minimum atomic E-state index is -1.39.